The van der Waals surface area contributed by atoms with Crippen molar-refractivity contribution in [3.63, 3.8) is 0 Å². The molecule has 0 saturated carbocycles. The highest BCUT2D eigenvalue weighted by molar-refractivity contribution is 7.92. The van der Waals surface area contributed by atoms with E-state index in [1.165, 1.54) is 6.07 Å². The number of hydrogen-bond donors (Lipinski definition) is 1. The van der Waals surface area contributed by atoms with E-state index in [0.717, 1.165) is 10.6 Å². The molecule has 7 nitrogen and oxygen atoms in total. The molecular formula is C17H16ClN3O4S. The molecule has 1 N–H and O–H groups in total. The maximum absolute atomic E-state index is 12.4. The first-order valence-electron chi connectivity index (χ1n) is 7.63. The van der Waals surface area contributed by atoms with Crippen molar-refractivity contribution in [2.45, 2.75) is 6.92 Å². The maximum atomic E-state index is 12.4. The molecule has 3 rings (SSSR count). The van der Waals surface area contributed by atoms with Gasteiger partial charge in [-0.3, -0.25) is 9.10 Å². The first-order chi connectivity index (χ1) is 12.2. The first kappa shape index (κ1) is 18.2. The van der Waals surface area contributed by atoms with Gasteiger partial charge in [0.25, 0.3) is 0 Å². The first-order valence-corrected chi connectivity index (χ1v) is 9.85. The maximum Gasteiger partial charge on any atom is 0.245 e. The van der Waals surface area contributed by atoms with E-state index in [4.69, 9.17) is 16.0 Å². The molecule has 2 aromatic carbocycles. The molecule has 9 heteroatoms. The average molecular weight is 394 g/mol. The van der Waals surface area contributed by atoms with Gasteiger partial charge in [-0.2, -0.15) is 0 Å². The third-order valence-corrected chi connectivity index (χ3v) is 4.94. The quantitative estimate of drug-likeness (QED) is 0.718. The van der Waals surface area contributed by atoms with E-state index in [-0.39, 0.29) is 6.54 Å². The molecule has 0 bridgehead atoms. The predicted octanol–water partition coefficient (Wildman–Crippen LogP) is 3.19. The molecule has 26 heavy (non-hydrogen) atoms. The van der Waals surface area contributed by atoms with Crippen LogP contribution in [0.5, 0.6) is 0 Å². The fourth-order valence-electron chi connectivity index (χ4n) is 2.48. The molecule has 1 aromatic heterocycles. The Bertz CT molecular complexity index is 1080. The van der Waals surface area contributed by atoms with Gasteiger partial charge in [0.15, 0.2) is 11.5 Å². The number of sulfonamides is 1. The van der Waals surface area contributed by atoms with Gasteiger partial charge in [-0.25, -0.2) is 13.4 Å². The topological polar surface area (TPSA) is 92.5 Å². The SMILES string of the molecule is Cc1nc2cc(NC(=O)CN(c3cccc(Cl)c3)S(C)(=O)=O)ccc2o1. The minimum absolute atomic E-state index is 0.317. The number of hydrogen-bond acceptors (Lipinski definition) is 5. The molecule has 0 aliphatic carbocycles. The second kappa shape index (κ2) is 6.97. The summed E-state index contributed by atoms with van der Waals surface area (Å²) in [5, 5.41) is 3.05. The minimum atomic E-state index is -3.67. The van der Waals surface area contributed by atoms with Crippen LogP contribution in [-0.4, -0.2) is 32.1 Å². The van der Waals surface area contributed by atoms with E-state index in [1.807, 2.05) is 0 Å². The van der Waals surface area contributed by atoms with E-state index in [1.54, 1.807) is 43.3 Å². The monoisotopic (exact) mass is 393 g/mol. The zero-order chi connectivity index (χ0) is 18.9. The van der Waals surface area contributed by atoms with Gasteiger partial charge in [-0.15, -0.1) is 0 Å². The van der Waals surface area contributed by atoms with Gasteiger partial charge in [0.2, 0.25) is 15.9 Å². The Kier molecular flexibility index (Phi) is 4.88. The Morgan fingerprint density at radius 1 is 1.27 bits per heavy atom. The minimum Gasteiger partial charge on any atom is -0.441 e. The fourth-order valence-corrected chi connectivity index (χ4v) is 3.52. The summed E-state index contributed by atoms with van der Waals surface area (Å²) in [4.78, 5) is 16.6. The number of nitrogens with zero attached hydrogens (tertiary/aromatic N) is 2. The van der Waals surface area contributed by atoms with E-state index in [2.05, 4.69) is 10.3 Å². The molecule has 0 aliphatic rings. The van der Waals surface area contributed by atoms with Crippen LogP contribution in [0, 0.1) is 6.92 Å². The summed E-state index contributed by atoms with van der Waals surface area (Å²) >= 11 is 5.92. The van der Waals surface area contributed by atoms with Crippen LogP contribution in [0.1, 0.15) is 5.89 Å². The van der Waals surface area contributed by atoms with Crippen molar-refractivity contribution in [3.05, 3.63) is 53.4 Å². The fraction of sp³-hybridized carbons (Fsp3) is 0.176. The molecule has 136 valence electrons. The number of nitrogens with one attached hydrogen (secondary N) is 1. The smallest absolute Gasteiger partial charge is 0.245 e. The van der Waals surface area contributed by atoms with Crippen LogP contribution in [0.4, 0.5) is 11.4 Å². The van der Waals surface area contributed by atoms with Gasteiger partial charge in [0.1, 0.15) is 12.1 Å². The Balaban J connectivity index is 1.81. The summed E-state index contributed by atoms with van der Waals surface area (Å²) in [6.07, 6.45) is 1.03. The van der Waals surface area contributed by atoms with Crippen LogP contribution in [-0.2, 0) is 14.8 Å². The van der Waals surface area contributed by atoms with Crippen LogP contribution in [0.2, 0.25) is 5.02 Å². The van der Waals surface area contributed by atoms with Gasteiger partial charge in [-0.05, 0) is 36.4 Å². The van der Waals surface area contributed by atoms with Crippen molar-refractivity contribution in [1.29, 1.82) is 0 Å². The number of fused-ring (bicyclic) bond motifs is 1. The predicted molar refractivity (Wildman–Crippen MR) is 101 cm³/mol. The molecule has 0 aliphatic heterocycles. The number of rotatable bonds is 5. The van der Waals surface area contributed by atoms with Crippen molar-refractivity contribution in [1.82, 2.24) is 4.98 Å². The van der Waals surface area contributed by atoms with Crippen LogP contribution in [0.15, 0.2) is 46.9 Å². The average Bonchev–Trinajstić information content (AvgIpc) is 2.91. The molecular weight excluding hydrogens is 378 g/mol. The lowest BCUT2D eigenvalue weighted by Crippen LogP contribution is -2.37. The molecule has 0 unspecified atom stereocenters. The number of amides is 1. The van der Waals surface area contributed by atoms with Crippen LogP contribution < -0.4 is 9.62 Å². The standard InChI is InChI=1S/C17H16ClN3O4S/c1-11-19-15-9-13(6-7-16(15)25-11)20-17(22)10-21(26(2,23)24)14-5-3-4-12(18)8-14/h3-9H,10H2,1-2H3,(H,20,22). The number of anilines is 2. The normalized spacial score (nSPS) is 11.5. The van der Waals surface area contributed by atoms with Crippen molar-refractivity contribution < 1.29 is 17.6 Å². The van der Waals surface area contributed by atoms with E-state index in [9.17, 15) is 13.2 Å². The summed E-state index contributed by atoms with van der Waals surface area (Å²) in [6.45, 7) is 1.35. The van der Waals surface area contributed by atoms with Gasteiger partial charge >= 0.3 is 0 Å². The van der Waals surface area contributed by atoms with Crippen molar-refractivity contribution in [3.8, 4) is 0 Å². The summed E-state index contributed by atoms with van der Waals surface area (Å²) in [7, 11) is -3.67. The lowest BCUT2D eigenvalue weighted by atomic mass is 10.3. The van der Waals surface area contributed by atoms with Crippen LogP contribution in [0.3, 0.4) is 0 Å². The molecule has 0 saturated heterocycles. The Morgan fingerprint density at radius 2 is 2.04 bits per heavy atom. The van der Waals surface area contributed by atoms with Gasteiger partial charge in [-0.1, -0.05) is 17.7 Å². The largest absolute Gasteiger partial charge is 0.441 e. The zero-order valence-corrected chi connectivity index (χ0v) is 15.6. The number of carbonyl (C=O) groups excluding carboxylic acids is 1. The van der Waals surface area contributed by atoms with Crippen molar-refractivity contribution in [2.75, 3.05) is 22.4 Å². The third-order valence-electron chi connectivity index (χ3n) is 3.56. The van der Waals surface area contributed by atoms with Gasteiger partial charge in [0, 0.05) is 17.6 Å². The number of aromatic nitrogens is 1. The van der Waals surface area contributed by atoms with Gasteiger partial charge in [0.05, 0.1) is 11.9 Å². The van der Waals surface area contributed by atoms with Crippen LogP contribution >= 0.6 is 11.6 Å². The van der Waals surface area contributed by atoms with E-state index in [0.29, 0.717) is 33.4 Å². The summed E-state index contributed by atoms with van der Waals surface area (Å²) < 4.78 is 30.6. The number of halogens is 1. The molecule has 0 fully saturated rings. The second-order valence-electron chi connectivity index (χ2n) is 5.71. The number of aryl methyl sites for hydroxylation is 1. The highest BCUT2D eigenvalue weighted by Gasteiger charge is 2.21. The molecule has 3 aromatic rings. The Labute approximate surface area is 155 Å². The number of carbonyl (C=O) groups is 1. The zero-order valence-electron chi connectivity index (χ0n) is 14.1. The van der Waals surface area contributed by atoms with E-state index >= 15 is 0 Å². The molecule has 0 spiro atoms. The lowest BCUT2D eigenvalue weighted by molar-refractivity contribution is -0.114. The molecule has 0 radical (unpaired) electrons. The summed E-state index contributed by atoms with van der Waals surface area (Å²) in [6, 6.07) is 11.3. The van der Waals surface area contributed by atoms with Gasteiger partial charge < -0.3 is 9.73 Å². The Morgan fingerprint density at radius 3 is 2.73 bits per heavy atom. The second-order valence-corrected chi connectivity index (χ2v) is 8.06. The third kappa shape index (κ3) is 4.14. The lowest BCUT2D eigenvalue weighted by Gasteiger charge is -2.22. The highest BCUT2D eigenvalue weighted by atomic mass is 35.5. The van der Waals surface area contributed by atoms with Crippen LogP contribution in [0.25, 0.3) is 11.1 Å². The summed E-state index contributed by atoms with van der Waals surface area (Å²) in [5.41, 5.74) is 2.03. The van der Waals surface area contributed by atoms with E-state index < -0.39 is 15.9 Å². The van der Waals surface area contributed by atoms with Crippen molar-refractivity contribution in [2.24, 2.45) is 0 Å². The Hall–Kier alpha value is -2.58. The number of benzene rings is 2. The van der Waals surface area contributed by atoms with Crippen molar-refractivity contribution >= 4 is 50.0 Å². The molecule has 0 atom stereocenters. The molecule has 1 amide bonds. The highest BCUT2D eigenvalue weighted by Crippen LogP contribution is 2.23. The number of oxazole rings is 1. The summed E-state index contributed by atoms with van der Waals surface area (Å²) in [5.74, 6) is 0.0302. The molecule has 1 heterocycles.